The molecule has 1 N–H and O–H groups in total. The Balaban J connectivity index is 2.21. The number of carbonyl (C=O) groups excluding carboxylic acids is 1. The highest BCUT2D eigenvalue weighted by Gasteiger charge is 2.39. The summed E-state index contributed by atoms with van der Waals surface area (Å²) in [4.78, 5) is 19.2. The molecule has 1 amide bonds. The lowest BCUT2D eigenvalue weighted by atomic mass is 9.88. The molecule has 2 aliphatic heterocycles. The first kappa shape index (κ1) is 16.5. The molecule has 6 nitrogen and oxygen atoms in total. The van der Waals surface area contributed by atoms with Crippen LogP contribution in [-0.2, 0) is 9.63 Å². The topological polar surface area (TPSA) is 74.6 Å². The van der Waals surface area contributed by atoms with Crippen LogP contribution in [0.4, 0.5) is 0 Å². The number of nitrogens with one attached hydrogen (secondary N) is 1. The van der Waals surface area contributed by atoms with Crippen molar-refractivity contribution in [3.8, 4) is 11.8 Å². The molecule has 0 bridgehead atoms. The molecule has 6 heteroatoms. The number of hydroxylamine groups is 1. The molecular formula is C18H21N3O3. The smallest absolute Gasteiger partial charge is 0.227 e. The van der Waals surface area contributed by atoms with E-state index in [1.54, 1.807) is 25.3 Å². The number of nitriles is 1. The van der Waals surface area contributed by atoms with E-state index in [4.69, 9.17) is 9.57 Å². The summed E-state index contributed by atoms with van der Waals surface area (Å²) in [7, 11) is 1.56. The lowest BCUT2D eigenvalue weighted by molar-refractivity contribution is -0.125. The SMILES string of the molecule is CONCC1=C(N2CCCC2=O)c2cc(C#N)ccc2OC1(C)C. The van der Waals surface area contributed by atoms with Gasteiger partial charge in [-0.3, -0.25) is 4.79 Å². The minimum absolute atomic E-state index is 0.103. The van der Waals surface area contributed by atoms with Crippen molar-refractivity contribution in [2.75, 3.05) is 20.2 Å². The maximum absolute atomic E-state index is 12.4. The molecular weight excluding hydrogens is 306 g/mol. The molecule has 0 aromatic heterocycles. The number of rotatable bonds is 4. The second kappa shape index (κ2) is 6.27. The monoisotopic (exact) mass is 327 g/mol. The predicted molar refractivity (Wildman–Crippen MR) is 88.7 cm³/mol. The van der Waals surface area contributed by atoms with E-state index >= 15 is 0 Å². The van der Waals surface area contributed by atoms with E-state index in [0.717, 1.165) is 23.3 Å². The maximum atomic E-state index is 12.4. The maximum Gasteiger partial charge on any atom is 0.227 e. The van der Waals surface area contributed by atoms with Crippen molar-refractivity contribution in [2.45, 2.75) is 32.3 Å². The van der Waals surface area contributed by atoms with Crippen molar-refractivity contribution in [1.82, 2.24) is 10.4 Å². The van der Waals surface area contributed by atoms with Gasteiger partial charge < -0.3 is 14.5 Å². The first-order chi connectivity index (χ1) is 11.5. The third kappa shape index (κ3) is 2.77. The summed E-state index contributed by atoms with van der Waals surface area (Å²) < 4.78 is 6.15. The van der Waals surface area contributed by atoms with Crippen LogP contribution in [-0.4, -0.2) is 36.6 Å². The third-order valence-electron chi connectivity index (χ3n) is 4.48. The molecule has 0 atom stereocenters. The van der Waals surface area contributed by atoms with Crippen LogP contribution < -0.4 is 10.2 Å². The number of carbonyl (C=O) groups is 1. The van der Waals surface area contributed by atoms with E-state index in [1.807, 2.05) is 18.7 Å². The van der Waals surface area contributed by atoms with Crippen molar-refractivity contribution >= 4 is 11.6 Å². The zero-order chi connectivity index (χ0) is 17.3. The average molecular weight is 327 g/mol. The van der Waals surface area contributed by atoms with Crippen molar-refractivity contribution in [3.05, 3.63) is 34.9 Å². The van der Waals surface area contributed by atoms with Crippen LogP contribution >= 0.6 is 0 Å². The van der Waals surface area contributed by atoms with Gasteiger partial charge in [0.2, 0.25) is 5.91 Å². The molecule has 1 fully saturated rings. The molecule has 1 aromatic rings. The number of benzene rings is 1. The molecule has 1 aromatic carbocycles. The summed E-state index contributed by atoms with van der Waals surface area (Å²) in [5, 5.41) is 9.23. The molecule has 2 heterocycles. The van der Waals surface area contributed by atoms with E-state index < -0.39 is 5.60 Å². The number of hydrogen-bond acceptors (Lipinski definition) is 5. The fourth-order valence-corrected chi connectivity index (χ4v) is 3.29. The molecule has 0 spiro atoms. The number of ether oxygens (including phenoxy) is 1. The second-order valence-corrected chi connectivity index (χ2v) is 6.44. The van der Waals surface area contributed by atoms with Gasteiger partial charge in [0.05, 0.1) is 24.4 Å². The first-order valence-electron chi connectivity index (χ1n) is 8.01. The van der Waals surface area contributed by atoms with E-state index in [0.29, 0.717) is 30.8 Å². The molecule has 0 unspecified atom stereocenters. The Kier molecular flexibility index (Phi) is 4.31. The quantitative estimate of drug-likeness (QED) is 0.858. The normalized spacial score (nSPS) is 19.1. The van der Waals surface area contributed by atoms with E-state index in [2.05, 4.69) is 11.5 Å². The minimum atomic E-state index is -0.592. The number of likely N-dealkylation sites (tertiary alicyclic amines) is 1. The number of nitrogens with zero attached hydrogens (tertiary/aromatic N) is 2. The highest BCUT2D eigenvalue weighted by molar-refractivity contribution is 5.91. The zero-order valence-corrected chi connectivity index (χ0v) is 14.2. The van der Waals surface area contributed by atoms with E-state index in [9.17, 15) is 10.1 Å². The highest BCUT2D eigenvalue weighted by Crippen LogP contribution is 2.43. The van der Waals surface area contributed by atoms with Crippen LogP contribution in [0, 0.1) is 11.3 Å². The minimum Gasteiger partial charge on any atom is -0.483 e. The second-order valence-electron chi connectivity index (χ2n) is 6.44. The molecule has 24 heavy (non-hydrogen) atoms. The number of hydrogen-bond donors (Lipinski definition) is 1. The predicted octanol–water partition coefficient (Wildman–Crippen LogP) is 2.21. The Morgan fingerprint density at radius 2 is 2.25 bits per heavy atom. The van der Waals surface area contributed by atoms with Gasteiger partial charge >= 0.3 is 0 Å². The van der Waals surface area contributed by atoms with Crippen molar-refractivity contribution in [3.63, 3.8) is 0 Å². The van der Waals surface area contributed by atoms with Gasteiger partial charge in [0.15, 0.2) is 0 Å². The summed E-state index contributed by atoms with van der Waals surface area (Å²) in [6.07, 6.45) is 1.38. The highest BCUT2D eigenvalue weighted by atomic mass is 16.6. The van der Waals surface area contributed by atoms with E-state index in [1.165, 1.54) is 0 Å². The van der Waals surface area contributed by atoms with Crippen LogP contribution in [0.5, 0.6) is 5.75 Å². The molecule has 0 radical (unpaired) electrons. The molecule has 0 aliphatic carbocycles. The fraction of sp³-hybridized carbons (Fsp3) is 0.444. The summed E-state index contributed by atoms with van der Waals surface area (Å²) in [6.45, 7) is 5.05. The Bertz CT molecular complexity index is 746. The summed E-state index contributed by atoms with van der Waals surface area (Å²) >= 11 is 0. The van der Waals surface area contributed by atoms with Gasteiger partial charge in [-0.1, -0.05) is 0 Å². The lowest BCUT2D eigenvalue weighted by Gasteiger charge is -2.39. The van der Waals surface area contributed by atoms with Crippen LogP contribution in [0.15, 0.2) is 23.8 Å². The van der Waals surface area contributed by atoms with Gasteiger partial charge in [-0.2, -0.15) is 10.7 Å². The Hall–Kier alpha value is -2.36. The largest absolute Gasteiger partial charge is 0.483 e. The average Bonchev–Trinajstić information content (AvgIpc) is 2.97. The lowest BCUT2D eigenvalue weighted by Crippen LogP contribution is -2.42. The third-order valence-corrected chi connectivity index (χ3v) is 4.48. The number of amides is 1. The van der Waals surface area contributed by atoms with Crippen LogP contribution in [0.3, 0.4) is 0 Å². The van der Waals surface area contributed by atoms with Crippen molar-refractivity contribution in [1.29, 1.82) is 5.26 Å². The van der Waals surface area contributed by atoms with Gasteiger partial charge in [-0.25, -0.2) is 0 Å². The Labute approximate surface area is 141 Å². The Morgan fingerprint density at radius 1 is 1.46 bits per heavy atom. The molecule has 0 saturated carbocycles. The number of fused-ring (bicyclic) bond motifs is 1. The molecule has 3 rings (SSSR count). The fourth-order valence-electron chi connectivity index (χ4n) is 3.29. The van der Waals surface area contributed by atoms with Crippen LogP contribution in [0.2, 0.25) is 0 Å². The van der Waals surface area contributed by atoms with Gasteiger partial charge in [0.1, 0.15) is 11.4 Å². The Morgan fingerprint density at radius 3 is 2.88 bits per heavy atom. The molecule has 2 aliphatic rings. The van der Waals surface area contributed by atoms with Gasteiger partial charge in [0, 0.05) is 30.6 Å². The van der Waals surface area contributed by atoms with Crippen LogP contribution in [0.25, 0.3) is 5.70 Å². The summed E-state index contributed by atoms with van der Waals surface area (Å²) in [6, 6.07) is 7.48. The summed E-state index contributed by atoms with van der Waals surface area (Å²) in [5.74, 6) is 0.792. The zero-order valence-electron chi connectivity index (χ0n) is 14.2. The first-order valence-corrected chi connectivity index (χ1v) is 8.01. The van der Waals surface area contributed by atoms with Gasteiger partial charge in [0.25, 0.3) is 0 Å². The molecule has 126 valence electrons. The van der Waals surface area contributed by atoms with E-state index in [-0.39, 0.29) is 5.91 Å². The molecule has 1 saturated heterocycles. The van der Waals surface area contributed by atoms with Crippen molar-refractivity contribution < 1.29 is 14.4 Å². The summed E-state index contributed by atoms with van der Waals surface area (Å²) in [5.41, 5.74) is 5.37. The van der Waals surface area contributed by atoms with Gasteiger partial charge in [-0.15, -0.1) is 0 Å². The van der Waals surface area contributed by atoms with Gasteiger partial charge in [-0.05, 0) is 38.5 Å². The van der Waals surface area contributed by atoms with Crippen LogP contribution in [0.1, 0.15) is 37.8 Å². The standard InChI is InChI=1S/C18H21N3O3/c1-18(2)14(11-20-23-3)17(21-8-4-5-16(21)22)13-9-12(10-19)6-7-15(13)24-18/h6-7,9,20H,4-5,8,11H2,1-3H3. The van der Waals surface area contributed by atoms with Crippen molar-refractivity contribution in [2.24, 2.45) is 0 Å².